The number of hydrogen-bond acceptors (Lipinski definition) is 8. The molecular weight excluding hydrogens is 594 g/mol. The number of carbonyl (C=O) groups is 3. The number of aromatic nitrogens is 1. The Kier molecular flexibility index (Phi) is 13.7. The zero-order valence-corrected chi connectivity index (χ0v) is 28.0. The number of ether oxygens (including phenoxy) is 1. The molecule has 4 heterocycles. The zero-order valence-electron chi connectivity index (χ0n) is 28.0. The normalized spacial score (nSPS) is 18.3. The van der Waals surface area contributed by atoms with Crippen molar-refractivity contribution in [1.82, 2.24) is 30.3 Å². The maximum atomic E-state index is 13.9. The lowest BCUT2D eigenvalue weighted by molar-refractivity contribution is -0.122. The van der Waals surface area contributed by atoms with Crippen molar-refractivity contribution in [1.29, 1.82) is 0 Å². The van der Waals surface area contributed by atoms with Gasteiger partial charge in [0.2, 0.25) is 11.8 Å². The fraction of sp³-hybridized carbons (Fsp3) is 0.611. The zero-order chi connectivity index (χ0) is 32.7. The predicted octanol–water partition coefficient (Wildman–Crippen LogP) is 3.82. The van der Waals surface area contributed by atoms with Crippen LogP contribution in [0.2, 0.25) is 0 Å². The van der Waals surface area contributed by atoms with Crippen LogP contribution in [-0.4, -0.2) is 116 Å². The van der Waals surface area contributed by atoms with Gasteiger partial charge in [0.15, 0.2) is 0 Å². The third-order valence-electron chi connectivity index (χ3n) is 9.29. The quantitative estimate of drug-likeness (QED) is 0.335. The fourth-order valence-electron chi connectivity index (χ4n) is 6.69. The molecule has 0 radical (unpaired) electrons. The van der Waals surface area contributed by atoms with Crippen molar-refractivity contribution in [2.24, 2.45) is 0 Å². The van der Waals surface area contributed by atoms with Gasteiger partial charge in [0.1, 0.15) is 12.3 Å². The van der Waals surface area contributed by atoms with Crippen LogP contribution in [0.25, 0.3) is 0 Å². The van der Waals surface area contributed by atoms with Gasteiger partial charge < -0.3 is 35.0 Å². The average Bonchev–Trinajstić information content (AvgIpc) is 3.81. The molecule has 3 aliphatic rings. The Balaban J connectivity index is 1.28. The van der Waals surface area contributed by atoms with E-state index in [1.165, 1.54) is 25.7 Å². The lowest BCUT2D eigenvalue weighted by Crippen LogP contribution is -2.42. The third-order valence-corrected chi connectivity index (χ3v) is 9.29. The van der Waals surface area contributed by atoms with E-state index >= 15 is 0 Å². The van der Waals surface area contributed by atoms with Crippen LogP contribution in [0.15, 0.2) is 42.7 Å². The number of anilines is 2. The highest BCUT2D eigenvalue weighted by molar-refractivity contribution is 5.97. The van der Waals surface area contributed by atoms with Crippen LogP contribution in [0.3, 0.4) is 0 Å². The van der Waals surface area contributed by atoms with E-state index in [1.807, 2.05) is 29.2 Å². The first kappa shape index (κ1) is 34.6. The molecule has 1 aromatic carbocycles. The first-order valence-corrected chi connectivity index (χ1v) is 17.8. The number of para-hydroxylation sites is 2. The van der Waals surface area contributed by atoms with Crippen LogP contribution < -0.4 is 20.3 Å². The third kappa shape index (κ3) is 10.9. The lowest BCUT2D eigenvalue weighted by Gasteiger charge is -2.27. The molecule has 2 bridgehead atoms. The van der Waals surface area contributed by atoms with E-state index in [2.05, 4.69) is 25.4 Å². The molecule has 0 aliphatic carbocycles. The van der Waals surface area contributed by atoms with Crippen LogP contribution in [0.1, 0.15) is 74.6 Å². The molecular formula is C36H53N7O4. The number of benzene rings is 1. The van der Waals surface area contributed by atoms with Gasteiger partial charge in [-0.2, -0.15) is 0 Å². The molecule has 2 aromatic rings. The molecule has 256 valence electrons. The summed E-state index contributed by atoms with van der Waals surface area (Å²) < 4.78 is 6.24. The van der Waals surface area contributed by atoms with Crippen LogP contribution in [-0.2, 0) is 9.59 Å². The molecule has 2 saturated heterocycles. The number of fused-ring (bicyclic) bond motifs is 3. The van der Waals surface area contributed by atoms with Crippen molar-refractivity contribution in [3.05, 3.63) is 48.3 Å². The minimum atomic E-state index is -0.239. The maximum Gasteiger partial charge on any atom is 0.255 e. The van der Waals surface area contributed by atoms with Crippen LogP contribution >= 0.6 is 0 Å². The molecule has 2 N–H and O–H groups in total. The standard InChI is InChI=1S/C36H53N7O4/c44-34(38-15-11-21-40-17-6-7-18-40)28-42-23-5-1-2-10-24-47-33-14-4-3-13-32(33)43(31-25-30(36(42)46)26-37-27-31)29-35(45)39-16-12-22-41-19-8-9-20-41/h3-4,13-14,25-27H,1-2,5-12,15-24,28-29H2,(H,38,44)(H,39,45). The van der Waals surface area contributed by atoms with E-state index in [-0.39, 0.29) is 30.8 Å². The Morgan fingerprint density at radius 3 is 2.06 bits per heavy atom. The first-order chi connectivity index (χ1) is 23.1. The smallest absolute Gasteiger partial charge is 0.255 e. The molecule has 0 atom stereocenters. The van der Waals surface area contributed by atoms with E-state index in [4.69, 9.17) is 4.74 Å². The number of carbonyl (C=O) groups excluding carboxylic acids is 3. The molecule has 0 saturated carbocycles. The van der Waals surface area contributed by atoms with E-state index in [0.717, 1.165) is 83.5 Å². The molecule has 0 spiro atoms. The molecule has 1 aromatic heterocycles. The van der Waals surface area contributed by atoms with Gasteiger partial charge in [-0.15, -0.1) is 0 Å². The Morgan fingerprint density at radius 2 is 1.36 bits per heavy atom. The van der Waals surface area contributed by atoms with Crippen molar-refractivity contribution >= 4 is 29.1 Å². The van der Waals surface area contributed by atoms with Crippen molar-refractivity contribution < 1.29 is 19.1 Å². The molecule has 11 nitrogen and oxygen atoms in total. The van der Waals surface area contributed by atoms with Gasteiger partial charge in [-0.05, 0) is 109 Å². The van der Waals surface area contributed by atoms with Gasteiger partial charge in [-0.25, -0.2) is 0 Å². The lowest BCUT2D eigenvalue weighted by atomic mass is 10.1. The number of nitrogens with zero attached hydrogens (tertiary/aromatic N) is 5. The second kappa shape index (κ2) is 18.6. The van der Waals surface area contributed by atoms with Crippen LogP contribution in [0.4, 0.5) is 11.4 Å². The highest BCUT2D eigenvalue weighted by atomic mass is 16.5. The number of pyridine rings is 1. The summed E-state index contributed by atoms with van der Waals surface area (Å²) in [4.78, 5) is 53.0. The number of rotatable bonds is 12. The van der Waals surface area contributed by atoms with Crippen molar-refractivity contribution in [3.8, 4) is 5.75 Å². The molecule has 2 fully saturated rings. The molecule has 3 amide bonds. The highest BCUT2D eigenvalue weighted by Crippen LogP contribution is 2.34. The largest absolute Gasteiger partial charge is 0.491 e. The van der Waals surface area contributed by atoms with Crippen molar-refractivity contribution in [2.45, 2.75) is 64.2 Å². The Hall–Kier alpha value is -3.70. The first-order valence-electron chi connectivity index (χ1n) is 17.8. The van der Waals surface area contributed by atoms with Crippen LogP contribution in [0, 0.1) is 0 Å². The highest BCUT2D eigenvalue weighted by Gasteiger charge is 2.23. The summed E-state index contributed by atoms with van der Waals surface area (Å²) in [6.45, 7) is 8.82. The Morgan fingerprint density at radius 1 is 0.745 bits per heavy atom. The molecule has 11 heteroatoms. The number of nitrogens with one attached hydrogen (secondary N) is 2. The van der Waals surface area contributed by atoms with E-state index in [0.29, 0.717) is 43.2 Å². The Bertz CT molecular complexity index is 1300. The monoisotopic (exact) mass is 647 g/mol. The summed E-state index contributed by atoms with van der Waals surface area (Å²) in [5.74, 6) is 0.187. The van der Waals surface area contributed by atoms with Gasteiger partial charge in [0.25, 0.3) is 5.91 Å². The van der Waals surface area contributed by atoms with Gasteiger partial charge in [-0.3, -0.25) is 19.4 Å². The molecule has 3 aliphatic heterocycles. The van der Waals surface area contributed by atoms with Gasteiger partial charge in [0, 0.05) is 25.8 Å². The van der Waals surface area contributed by atoms with Gasteiger partial charge >= 0.3 is 0 Å². The second-order valence-corrected chi connectivity index (χ2v) is 13.0. The SMILES string of the molecule is O=C(CN1CCCCCCOc2ccccc2N(CC(=O)NCCCN2CCCC2)c2cncc(c2)C1=O)NCCCN1CCCC1. The van der Waals surface area contributed by atoms with Crippen molar-refractivity contribution in [2.75, 3.05) is 83.5 Å². The minimum absolute atomic E-state index is 0.00225. The number of hydrogen-bond donors (Lipinski definition) is 2. The fourth-order valence-corrected chi connectivity index (χ4v) is 6.69. The summed E-state index contributed by atoms with van der Waals surface area (Å²) in [7, 11) is 0. The average molecular weight is 648 g/mol. The second-order valence-electron chi connectivity index (χ2n) is 13.0. The van der Waals surface area contributed by atoms with Gasteiger partial charge in [0.05, 0.1) is 36.3 Å². The predicted molar refractivity (Wildman–Crippen MR) is 184 cm³/mol. The summed E-state index contributed by atoms with van der Waals surface area (Å²) >= 11 is 0. The van der Waals surface area contributed by atoms with E-state index in [9.17, 15) is 14.4 Å². The summed E-state index contributed by atoms with van der Waals surface area (Å²) in [6, 6.07) is 9.47. The molecule has 5 rings (SSSR count). The summed E-state index contributed by atoms with van der Waals surface area (Å²) in [5.41, 5.74) is 1.74. The van der Waals surface area contributed by atoms with Crippen molar-refractivity contribution in [3.63, 3.8) is 0 Å². The molecule has 47 heavy (non-hydrogen) atoms. The van der Waals surface area contributed by atoms with Crippen LogP contribution in [0.5, 0.6) is 5.75 Å². The maximum absolute atomic E-state index is 13.9. The minimum Gasteiger partial charge on any atom is -0.491 e. The number of amides is 3. The summed E-state index contributed by atoms with van der Waals surface area (Å²) in [6.07, 6.45) is 13.6. The number of likely N-dealkylation sites (tertiary alicyclic amines) is 2. The van der Waals surface area contributed by atoms with E-state index in [1.54, 1.807) is 23.4 Å². The Labute approximate surface area is 280 Å². The topological polar surface area (TPSA) is 110 Å². The van der Waals surface area contributed by atoms with E-state index < -0.39 is 0 Å². The molecule has 0 unspecified atom stereocenters. The van der Waals surface area contributed by atoms with Gasteiger partial charge in [-0.1, -0.05) is 25.0 Å². The summed E-state index contributed by atoms with van der Waals surface area (Å²) in [5, 5.41) is 6.11.